The van der Waals surface area contributed by atoms with Crippen LogP contribution in [0.1, 0.15) is 25.5 Å². The Labute approximate surface area is 137 Å². The number of hydrogen-bond acceptors (Lipinski definition) is 3. The monoisotopic (exact) mass is 331 g/mol. The highest BCUT2D eigenvalue weighted by Crippen LogP contribution is 2.31. The SMILES string of the molecule is CC(C)CN(c1ccccc1)S(=O)(=O)c1ccc(C2CO2)cc1. The van der Waals surface area contributed by atoms with E-state index in [-0.39, 0.29) is 12.0 Å². The second kappa shape index (κ2) is 6.34. The van der Waals surface area contributed by atoms with Crippen molar-refractivity contribution >= 4 is 15.7 Å². The van der Waals surface area contributed by atoms with Gasteiger partial charge < -0.3 is 4.74 Å². The normalized spacial score (nSPS) is 17.3. The molecule has 0 spiro atoms. The molecule has 1 unspecified atom stereocenters. The predicted octanol–water partition coefficient (Wildman–Crippen LogP) is 3.61. The van der Waals surface area contributed by atoms with Gasteiger partial charge in [0.2, 0.25) is 0 Å². The standard InChI is InChI=1S/C18H21NO3S/c1-14(2)12-19(16-6-4-3-5-7-16)23(20,21)17-10-8-15(9-11-17)18-13-22-18/h3-11,14,18H,12-13H2,1-2H3. The van der Waals surface area contributed by atoms with E-state index in [0.717, 1.165) is 12.2 Å². The van der Waals surface area contributed by atoms with Crippen LogP contribution in [0.15, 0.2) is 59.5 Å². The summed E-state index contributed by atoms with van der Waals surface area (Å²) in [5.74, 6) is 0.226. The van der Waals surface area contributed by atoms with Crippen molar-refractivity contribution in [2.75, 3.05) is 17.5 Å². The number of nitrogens with zero attached hydrogens (tertiary/aromatic N) is 1. The molecule has 1 aliphatic heterocycles. The van der Waals surface area contributed by atoms with Gasteiger partial charge in [-0.2, -0.15) is 0 Å². The van der Waals surface area contributed by atoms with Crippen LogP contribution >= 0.6 is 0 Å². The molecule has 0 N–H and O–H groups in total. The zero-order valence-electron chi connectivity index (χ0n) is 13.3. The van der Waals surface area contributed by atoms with Crippen LogP contribution in [0.25, 0.3) is 0 Å². The van der Waals surface area contributed by atoms with E-state index in [2.05, 4.69) is 0 Å². The summed E-state index contributed by atoms with van der Waals surface area (Å²) in [5.41, 5.74) is 1.72. The van der Waals surface area contributed by atoms with Crippen molar-refractivity contribution in [3.8, 4) is 0 Å². The highest BCUT2D eigenvalue weighted by atomic mass is 32.2. The predicted molar refractivity (Wildman–Crippen MR) is 90.9 cm³/mol. The Morgan fingerprint density at radius 3 is 2.22 bits per heavy atom. The molecule has 1 atom stereocenters. The maximum Gasteiger partial charge on any atom is 0.264 e. The van der Waals surface area contributed by atoms with Gasteiger partial charge in [-0.05, 0) is 35.7 Å². The van der Waals surface area contributed by atoms with Crippen LogP contribution in [-0.4, -0.2) is 21.6 Å². The lowest BCUT2D eigenvalue weighted by atomic mass is 10.2. The molecule has 0 saturated carbocycles. The van der Waals surface area contributed by atoms with E-state index in [0.29, 0.717) is 17.1 Å². The quantitative estimate of drug-likeness (QED) is 0.760. The number of benzene rings is 2. The maximum atomic E-state index is 13.1. The summed E-state index contributed by atoms with van der Waals surface area (Å²) in [7, 11) is -3.58. The number of sulfonamides is 1. The lowest BCUT2D eigenvalue weighted by molar-refractivity contribution is 0.415. The molecule has 122 valence electrons. The Balaban J connectivity index is 1.95. The summed E-state index contributed by atoms with van der Waals surface area (Å²) in [6.07, 6.45) is 0.132. The Hall–Kier alpha value is -1.85. The van der Waals surface area contributed by atoms with Gasteiger partial charge in [-0.1, -0.05) is 44.2 Å². The smallest absolute Gasteiger partial charge is 0.264 e. The number of ether oxygens (including phenoxy) is 1. The van der Waals surface area contributed by atoms with E-state index >= 15 is 0 Å². The van der Waals surface area contributed by atoms with Gasteiger partial charge in [0, 0.05) is 6.54 Å². The zero-order valence-corrected chi connectivity index (χ0v) is 14.2. The summed E-state index contributed by atoms with van der Waals surface area (Å²) >= 11 is 0. The maximum absolute atomic E-state index is 13.1. The van der Waals surface area contributed by atoms with E-state index in [9.17, 15) is 8.42 Å². The molecule has 5 heteroatoms. The number of rotatable bonds is 6. The molecule has 1 heterocycles. The van der Waals surface area contributed by atoms with Gasteiger partial charge in [-0.15, -0.1) is 0 Å². The van der Waals surface area contributed by atoms with Gasteiger partial charge in [0.25, 0.3) is 10.0 Å². The first-order chi connectivity index (χ1) is 11.0. The average Bonchev–Trinajstić information content (AvgIpc) is 3.38. The van der Waals surface area contributed by atoms with Crippen LogP contribution in [-0.2, 0) is 14.8 Å². The van der Waals surface area contributed by atoms with Crippen molar-refractivity contribution < 1.29 is 13.2 Å². The summed E-state index contributed by atoms with van der Waals surface area (Å²) in [4.78, 5) is 0.311. The third-order valence-corrected chi connectivity index (χ3v) is 5.56. The second-order valence-electron chi connectivity index (χ2n) is 6.16. The van der Waals surface area contributed by atoms with E-state index in [1.165, 1.54) is 4.31 Å². The van der Waals surface area contributed by atoms with E-state index in [1.807, 2.05) is 56.3 Å². The molecule has 1 fully saturated rings. The number of anilines is 1. The van der Waals surface area contributed by atoms with Crippen molar-refractivity contribution in [1.82, 2.24) is 0 Å². The number of hydrogen-bond donors (Lipinski definition) is 0. The Morgan fingerprint density at radius 1 is 1.09 bits per heavy atom. The van der Waals surface area contributed by atoms with Gasteiger partial charge in [0.05, 0.1) is 17.2 Å². The first-order valence-corrected chi connectivity index (χ1v) is 9.22. The van der Waals surface area contributed by atoms with Crippen LogP contribution in [0.3, 0.4) is 0 Å². The molecule has 23 heavy (non-hydrogen) atoms. The van der Waals surface area contributed by atoms with Gasteiger partial charge in [0.15, 0.2) is 0 Å². The molecule has 0 aliphatic carbocycles. The Kier molecular flexibility index (Phi) is 4.41. The first kappa shape index (κ1) is 16.0. The number of epoxide rings is 1. The number of para-hydroxylation sites is 1. The molecule has 4 nitrogen and oxygen atoms in total. The molecule has 1 aliphatic rings. The van der Waals surface area contributed by atoms with Crippen LogP contribution in [0.2, 0.25) is 0 Å². The van der Waals surface area contributed by atoms with Crippen molar-refractivity contribution in [3.63, 3.8) is 0 Å². The van der Waals surface area contributed by atoms with Crippen molar-refractivity contribution in [3.05, 3.63) is 60.2 Å². The summed E-state index contributed by atoms with van der Waals surface area (Å²) < 4.78 is 32.8. The molecule has 0 bridgehead atoms. The minimum absolute atomic E-state index is 0.132. The summed E-state index contributed by atoms with van der Waals surface area (Å²) in [6.45, 7) is 5.19. The topological polar surface area (TPSA) is 49.9 Å². The van der Waals surface area contributed by atoms with E-state index < -0.39 is 10.0 Å². The third kappa shape index (κ3) is 3.57. The van der Waals surface area contributed by atoms with Gasteiger partial charge in [-0.3, -0.25) is 4.31 Å². The van der Waals surface area contributed by atoms with E-state index in [4.69, 9.17) is 4.74 Å². The fourth-order valence-electron chi connectivity index (χ4n) is 2.49. The highest BCUT2D eigenvalue weighted by molar-refractivity contribution is 7.92. The van der Waals surface area contributed by atoms with Crippen molar-refractivity contribution in [2.24, 2.45) is 5.92 Å². The average molecular weight is 331 g/mol. The largest absolute Gasteiger partial charge is 0.368 e. The molecular formula is C18H21NO3S. The molecular weight excluding hydrogens is 310 g/mol. The van der Waals surface area contributed by atoms with E-state index in [1.54, 1.807) is 12.1 Å². The minimum Gasteiger partial charge on any atom is -0.368 e. The summed E-state index contributed by atoms with van der Waals surface area (Å²) in [5, 5.41) is 0. The second-order valence-corrected chi connectivity index (χ2v) is 8.02. The van der Waals surface area contributed by atoms with Gasteiger partial charge in [0.1, 0.15) is 6.10 Å². The fourth-order valence-corrected chi connectivity index (χ4v) is 4.12. The lowest BCUT2D eigenvalue weighted by Crippen LogP contribution is -2.34. The fraction of sp³-hybridized carbons (Fsp3) is 0.333. The first-order valence-electron chi connectivity index (χ1n) is 7.78. The van der Waals surface area contributed by atoms with Crippen LogP contribution < -0.4 is 4.31 Å². The molecule has 0 radical (unpaired) electrons. The van der Waals surface area contributed by atoms with Crippen molar-refractivity contribution in [2.45, 2.75) is 24.8 Å². The Morgan fingerprint density at radius 2 is 1.70 bits per heavy atom. The van der Waals surface area contributed by atoms with Gasteiger partial charge >= 0.3 is 0 Å². The van der Waals surface area contributed by atoms with Crippen molar-refractivity contribution in [1.29, 1.82) is 0 Å². The van der Waals surface area contributed by atoms with Crippen LogP contribution in [0, 0.1) is 5.92 Å². The summed E-state index contributed by atoms with van der Waals surface area (Å²) in [6, 6.07) is 16.3. The lowest BCUT2D eigenvalue weighted by Gasteiger charge is -2.26. The highest BCUT2D eigenvalue weighted by Gasteiger charge is 2.28. The molecule has 0 amide bonds. The van der Waals surface area contributed by atoms with Gasteiger partial charge in [-0.25, -0.2) is 8.42 Å². The minimum atomic E-state index is -3.58. The molecule has 1 saturated heterocycles. The third-order valence-electron chi connectivity index (χ3n) is 3.75. The molecule has 3 rings (SSSR count). The Bertz CT molecular complexity index is 751. The molecule has 2 aromatic carbocycles. The van der Waals surface area contributed by atoms with Crippen LogP contribution in [0.5, 0.6) is 0 Å². The molecule has 0 aromatic heterocycles. The van der Waals surface area contributed by atoms with Crippen LogP contribution in [0.4, 0.5) is 5.69 Å². The zero-order chi connectivity index (χ0) is 16.4. The molecule has 2 aromatic rings.